The van der Waals surface area contributed by atoms with Gasteiger partial charge in [0.2, 0.25) is 5.91 Å². The van der Waals surface area contributed by atoms with Crippen LogP contribution in [-0.4, -0.2) is 11.0 Å². The monoisotopic (exact) mass is 581 g/mol. The van der Waals surface area contributed by atoms with Gasteiger partial charge in [-0.1, -0.05) is 130 Å². The zero-order valence-electron chi connectivity index (χ0n) is 23.5. The van der Waals surface area contributed by atoms with Crippen LogP contribution in [0.2, 0.25) is 0 Å². The van der Waals surface area contributed by atoms with E-state index in [1.807, 2.05) is 48.5 Å². The number of para-hydroxylation sites is 1. The third kappa shape index (κ3) is 4.59. The maximum absolute atomic E-state index is 14.5. The zero-order valence-corrected chi connectivity index (χ0v) is 25.1. The number of amides is 1. The van der Waals surface area contributed by atoms with E-state index in [0.717, 1.165) is 43.5 Å². The van der Waals surface area contributed by atoms with Crippen molar-refractivity contribution in [3.05, 3.63) is 129 Å². The minimum Gasteiger partial charge on any atom is -0.507 e. The van der Waals surface area contributed by atoms with Crippen molar-refractivity contribution in [2.75, 3.05) is 5.32 Å². The quantitative estimate of drug-likeness (QED) is 0.253. The van der Waals surface area contributed by atoms with E-state index in [1.165, 1.54) is 0 Å². The summed E-state index contributed by atoms with van der Waals surface area (Å²) in [6.07, 6.45) is 0. The topological polar surface area (TPSA) is 49.3 Å². The van der Waals surface area contributed by atoms with Crippen molar-refractivity contribution in [1.29, 1.82) is 0 Å². The van der Waals surface area contributed by atoms with Crippen LogP contribution in [0, 0.1) is 0 Å². The van der Waals surface area contributed by atoms with Crippen LogP contribution in [-0.2, 0) is 21.0 Å². The van der Waals surface area contributed by atoms with Crippen LogP contribution in [0.15, 0.2) is 95.5 Å². The van der Waals surface area contributed by atoms with Crippen LogP contribution >= 0.6 is 15.9 Å². The number of hydrogen-bond donors (Lipinski definition) is 2. The van der Waals surface area contributed by atoms with Gasteiger partial charge in [-0.25, -0.2) is 0 Å². The van der Waals surface area contributed by atoms with Gasteiger partial charge in [0.05, 0.1) is 0 Å². The second-order valence-corrected chi connectivity index (χ2v) is 13.5. The fraction of sp³-hybridized carbons (Fsp3) is 0.286. The van der Waals surface area contributed by atoms with Crippen molar-refractivity contribution >= 4 is 27.5 Å². The number of benzene rings is 4. The molecule has 5 rings (SSSR count). The van der Waals surface area contributed by atoms with Gasteiger partial charge in [0.1, 0.15) is 11.2 Å². The van der Waals surface area contributed by atoms with Crippen LogP contribution in [0.4, 0.5) is 5.69 Å². The number of anilines is 1. The second-order valence-electron chi connectivity index (χ2n) is 12.6. The van der Waals surface area contributed by atoms with Crippen LogP contribution in [0.25, 0.3) is 0 Å². The minimum atomic E-state index is -1.02. The lowest BCUT2D eigenvalue weighted by Gasteiger charge is -2.39. The number of hydrogen-bond acceptors (Lipinski definition) is 2. The summed E-state index contributed by atoms with van der Waals surface area (Å²) in [5.41, 5.74) is 4.87. The highest BCUT2D eigenvalue weighted by Gasteiger charge is 2.55. The lowest BCUT2D eigenvalue weighted by molar-refractivity contribution is -0.120. The molecule has 1 aliphatic heterocycles. The highest BCUT2D eigenvalue weighted by molar-refractivity contribution is 9.10. The van der Waals surface area contributed by atoms with E-state index in [-0.39, 0.29) is 22.7 Å². The normalized spacial score (nSPS) is 18.0. The summed E-state index contributed by atoms with van der Waals surface area (Å²) in [6.45, 7) is 12.7. The van der Waals surface area contributed by atoms with Crippen molar-refractivity contribution < 1.29 is 9.90 Å². The molecule has 2 unspecified atom stereocenters. The smallest absolute Gasteiger partial charge is 0.240 e. The number of fused-ring (bicyclic) bond motifs is 1. The summed E-state index contributed by atoms with van der Waals surface area (Å²) in [6, 6.07) is 30.7. The predicted octanol–water partition coefficient (Wildman–Crippen LogP) is 8.82. The number of aromatic hydroxyl groups is 1. The SMILES string of the molecule is CC(C)(C)c1cc(C(c2ccc(Br)cc2)C2(c3ccccc3)C(=O)Nc3ccccc32)cc(C(C)(C)C)c1O. The fourth-order valence-corrected chi connectivity index (χ4v) is 6.30. The Morgan fingerprint density at radius 1 is 0.744 bits per heavy atom. The molecule has 2 atom stereocenters. The molecule has 4 heteroatoms. The molecular weight excluding hydrogens is 546 g/mol. The number of nitrogens with one attached hydrogen (secondary N) is 1. The molecular formula is C35H36BrNO2. The molecule has 0 radical (unpaired) electrons. The lowest BCUT2D eigenvalue weighted by atomic mass is 9.61. The van der Waals surface area contributed by atoms with Crippen molar-refractivity contribution in [3.63, 3.8) is 0 Å². The molecule has 0 aliphatic carbocycles. The Hall–Kier alpha value is -3.37. The average Bonchev–Trinajstić information content (AvgIpc) is 3.17. The van der Waals surface area contributed by atoms with Crippen molar-refractivity contribution in [2.24, 2.45) is 0 Å². The molecule has 0 spiro atoms. The minimum absolute atomic E-state index is 0.0505. The molecule has 2 N–H and O–H groups in total. The Morgan fingerprint density at radius 2 is 1.28 bits per heavy atom. The predicted molar refractivity (Wildman–Crippen MR) is 164 cm³/mol. The van der Waals surface area contributed by atoms with Crippen molar-refractivity contribution in [1.82, 2.24) is 0 Å². The van der Waals surface area contributed by atoms with Crippen LogP contribution in [0.3, 0.4) is 0 Å². The molecule has 1 heterocycles. The summed E-state index contributed by atoms with van der Waals surface area (Å²) >= 11 is 3.60. The highest BCUT2D eigenvalue weighted by atomic mass is 79.9. The molecule has 4 aromatic rings. The molecule has 200 valence electrons. The Morgan fingerprint density at radius 3 is 1.85 bits per heavy atom. The van der Waals surface area contributed by atoms with Gasteiger partial charge >= 0.3 is 0 Å². The van der Waals surface area contributed by atoms with E-state index in [4.69, 9.17) is 0 Å². The van der Waals surface area contributed by atoms with E-state index in [1.54, 1.807) is 0 Å². The van der Waals surface area contributed by atoms with Gasteiger partial charge in [0.15, 0.2) is 0 Å². The lowest BCUT2D eigenvalue weighted by Crippen LogP contribution is -2.42. The number of carbonyl (C=O) groups is 1. The van der Waals surface area contributed by atoms with Crippen LogP contribution in [0.5, 0.6) is 5.75 Å². The molecule has 39 heavy (non-hydrogen) atoms. The number of carbonyl (C=O) groups excluding carboxylic acids is 1. The first-order chi connectivity index (χ1) is 18.3. The standard InChI is InChI=1S/C35H36BrNO2/c1-33(2,3)27-20-23(21-28(31(27)38)34(4,5)6)30(22-16-18-25(36)19-17-22)35(24-12-8-7-9-13-24)26-14-10-11-15-29(26)37-32(35)39/h7-21,30,38H,1-6H3,(H,37,39). The third-order valence-electron chi connectivity index (χ3n) is 7.91. The van der Waals surface area contributed by atoms with Gasteiger partial charge in [-0.2, -0.15) is 0 Å². The van der Waals surface area contributed by atoms with E-state index in [0.29, 0.717) is 5.75 Å². The summed E-state index contributed by atoms with van der Waals surface area (Å²) in [4.78, 5) is 14.5. The summed E-state index contributed by atoms with van der Waals surface area (Å²) in [5, 5.41) is 14.8. The number of halogens is 1. The molecule has 0 fully saturated rings. The summed E-state index contributed by atoms with van der Waals surface area (Å²) < 4.78 is 0.978. The van der Waals surface area contributed by atoms with Crippen LogP contribution in [0.1, 0.15) is 80.8 Å². The van der Waals surface area contributed by atoms with Gasteiger partial charge in [-0.3, -0.25) is 4.79 Å². The molecule has 0 saturated heterocycles. The Balaban J connectivity index is 1.95. The second kappa shape index (κ2) is 9.67. The fourth-order valence-electron chi connectivity index (χ4n) is 6.03. The molecule has 4 aromatic carbocycles. The van der Waals surface area contributed by atoms with Gasteiger partial charge in [-0.15, -0.1) is 0 Å². The average molecular weight is 583 g/mol. The Kier molecular flexibility index (Phi) is 6.75. The summed E-state index contributed by atoms with van der Waals surface area (Å²) in [7, 11) is 0. The van der Waals surface area contributed by atoms with E-state index >= 15 is 0 Å². The Labute approximate surface area is 240 Å². The largest absolute Gasteiger partial charge is 0.507 e. The molecule has 0 bridgehead atoms. The summed E-state index contributed by atoms with van der Waals surface area (Å²) in [5.74, 6) is -0.0803. The Bertz CT molecular complexity index is 1490. The molecule has 1 aliphatic rings. The molecule has 0 saturated carbocycles. The van der Waals surface area contributed by atoms with Gasteiger partial charge < -0.3 is 10.4 Å². The molecule has 3 nitrogen and oxygen atoms in total. The van der Waals surface area contributed by atoms with Crippen molar-refractivity contribution in [3.8, 4) is 5.75 Å². The molecule has 0 aromatic heterocycles. The highest BCUT2D eigenvalue weighted by Crippen LogP contribution is 2.55. The van der Waals surface area contributed by atoms with E-state index in [2.05, 4.69) is 105 Å². The van der Waals surface area contributed by atoms with Crippen molar-refractivity contribution in [2.45, 2.75) is 63.7 Å². The van der Waals surface area contributed by atoms with Gasteiger partial charge in [-0.05, 0) is 62.4 Å². The first kappa shape index (κ1) is 27.2. The van der Waals surface area contributed by atoms with E-state index in [9.17, 15) is 9.90 Å². The number of phenols is 1. The zero-order chi connectivity index (χ0) is 28.2. The number of rotatable bonds is 4. The van der Waals surface area contributed by atoms with Gasteiger partial charge in [0.25, 0.3) is 0 Å². The maximum atomic E-state index is 14.5. The molecule has 1 amide bonds. The maximum Gasteiger partial charge on any atom is 0.240 e. The van der Waals surface area contributed by atoms with E-state index < -0.39 is 5.41 Å². The van der Waals surface area contributed by atoms with Crippen LogP contribution < -0.4 is 5.32 Å². The number of phenolic OH excluding ortho intramolecular Hbond substituents is 1. The third-order valence-corrected chi connectivity index (χ3v) is 8.43. The van der Waals surface area contributed by atoms with Gasteiger partial charge in [0, 0.05) is 16.1 Å². The first-order valence-corrected chi connectivity index (χ1v) is 14.2. The first-order valence-electron chi connectivity index (χ1n) is 13.4.